The van der Waals surface area contributed by atoms with Gasteiger partial charge >= 0.3 is 0 Å². The average Bonchev–Trinajstić information content (AvgIpc) is 3.41. The summed E-state index contributed by atoms with van der Waals surface area (Å²) in [6.45, 7) is 9.50. The summed E-state index contributed by atoms with van der Waals surface area (Å²) in [5, 5.41) is 7.46. The Morgan fingerprint density at radius 2 is 2.03 bits per heavy atom. The van der Waals surface area contributed by atoms with Crippen molar-refractivity contribution >= 4 is 17.0 Å². The van der Waals surface area contributed by atoms with Gasteiger partial charge in [0.1, 0.15) is 6.26 Å². The van der Waals surface area contributed by atoms with Crippen molar-refractivity contribution in [1.29, 1.82) is 0 Å². The van der Waals surface area contributed by atoms with Crippen molar-refractivity contribution in [2.24, 2.45) is 4.99 Å². The number of benzene rings is 1. The van der Waals surface area contributed by atoms with Crippen molar-refractivity contribution in [2.45, 2.75) is 26.4 Å². The largest absolute Gasteiger partial charge is 0.364 e. The smallest absolute Gasteiger partial charge is 0.194 e. The van der Waals surface area contributed by atoms with E-state index in [4.69, 9.17) is 9.52 Å². The first-order valence-electron chi connectivity index (χ1n) is 10.4. The highest BCUT2D eigenvalue weighted by Gasteiger charge is 2.20. The predicted molar refractivity (Wildman–Crippen MR) is 114 cm³/mol. The lowest BCUT2D eigenvalue weighted by Gasteiger charge is -2.36. The van der Waals surface area contributed by atoms with E-state index in [1.54, 1.807) is 6.26 Å². The van der Waals surface area contributed by atoms with E-state index in [0.29, 0.717) is 0 Å². The number of piperazine rings is 1. The van der Waals surface area contributed by atoms with E-state index in [1.165, 1.54) is 5.52 Å². The molecule has 0 radical (unpaired) electrons. The number of fused-ring (bicyclic) bond motifs is 1. The molecule has 0 bridgehead atoms. The number of aryl methyl sites for hydroxylation is 1. The number of hydrogen-bond donors (Lipinski definition) is 1. The van der Waals surface area contributed by atoms with E-state index in [1.807, 2.05) is 18.5 Å². The van der Waals surface area contributed by atoms with E-state index in [9.17, 15) is 0 Å². The van der Waals surface area contributed by atoms with Gasteiger partial charge in [0.05, 0.1) is 23.1 Å². The normalized spacial score (nSPS) is 15.9. The molecule has 3 heterocycles. The average molecular weight is 396 g/mol. The van der Waals surface area contributed by atoms with Crippen molar-refractivity contribution in [3.8, 4) is 0 Å². The Kier molecular flexibility index (Phi) is 6.41. The van der Waals surface area contributed by atoms with Crippen LogP contribution in [0.25, 0.3) is 11.0 Å². The summed E-state index contributed by atoms with van der Waals surface area (Å²) >= 11 is 0. The van der Waals surface area contributed by atoms with Gasteiger partial charge in [-0.25, -0.2) is 4.98 Å². The van der Waals surface area contributed by atoms with Crippen LogP contribution in [0.1, 0.15) is 19.0 Å². The van der Waals surface area contributed by atoms with Crippen LogP contribution >= 0.6 is 0 Å². The SMILES string of the molecule is CCNC(=NCCCn1cnc2ccccc21)N1CCN(Cc2ccon2)CC1. The molecule has 8 nitrogen and oxygen atoms in total. The van der Waals surface area contributed by atoms with Crippen LogP contribution in [0, 0.1) is 0 Å². The quantitative estimate of drug-likeness (QED) is 0.376. The Balaban J connectivity index is 1.27. The number of aliphatic imine (C=N–C) groups is 1. The number of para-hydroxylation sites is 2. The molecule has 1 aliphatic rings. The third-order valence-corrected chi connectivity index (χ3v) is 5.23. The van der Waals surface area contributed by atoms with Crippen LogP contribution in [0.4, 0.5) is 0 Å². The second-order valence-corrected chi connectivity index (χ2v) is 7.27. The first-order valence-corrected chi connectivity index (χ1v) is 10.4. The summed E-state index contributed by atoms with van der Waals surface area (Å²) in [5.41, 5.74) is 3.23. The molecule has 4 rings (SSSR count). The standard InChI is InChI=1S/C21H29N7O/c1-2-22-21(27-13-11-26(12-14-27)16-18-8-15-29-25-18)23-9-5-10-28-17-24-19-6-3-4-7-20(19)28/h3-4,6-8,15,17H,2,5,9-14,16H2,1H3,(H,22,23). The van der Waals surface area contributed by atoms with Gasteiger partial charge < -0.3 is 19.3 Å². The first-order chi connectivity index (χ1) is 14.3. The zero-order valence-electron chi connectivity index (χ0n) is 17.0. The fraction of sp³-hybridized carbons (Fsp3) is 0.476. The van der Waals surface area contributed by atoms with Gasteiger partial charge in [0.15, 0.2) is 5.96 Å². The molecule has 0 amide bonds. The van der Waals surface area contributed by atoms with Gasteiger partial charge in [-0.2, -0.15) is 0 Å². The van der Waals surface area contributed by atoms with Gasteiger partial charge in [0, 0.05) is 58.4 Å². The minimum absolute atomic E-state index is 0.800. The van der Waals surface area contributed by atoms with Crippen molar-refractivity contribution in [3.05, 3.63) is 48.6 Å². The van der Waals surface area contributed by atoms with Gasteiger partial charge in [0.2, 0.25) is 0 Å². The van der Waals surface area contributed by atoms with Gasteiger partial charge in [-0.3, -0.25) is 9.89 Å². The van der Waals surface area contributed by atoms with Crippen LogP contribution in [0.5, 0.6) is 0 Å². The molecule has 2 aromatic heterocycles. The van der Waals surface area contributed by atoms with Crippen LogP contribution in [0.15, 0.2) is 52.4 Å². The maximum absolute atomic E-state index is 4.93. The molecule has 0 aliphatic carbocycles. The summed E-state index contributed by atoms with van der Waals surface area (Å²) in [6, 6.07) is 10.2. The Morgan fingerprint density at radius 3 is 2.83 bits per heavy atom. The molecule has 154 valence electrons. The third-order valence-electron chi connectivity index (χ3n) is 5.23. The van der Waals surface area contributed by atoms with Crippen LogP contribution in [0.2, 0.25) is 0 Å². The molecule has 0 spiro atoms. The maximum atomic E-state index is 4.93. The Labute approximate surface area is 171 Å². The van der Waals surface area contributed by atoms with E-state index < -0.39 is 0 Å². The Bertz CT molecular complexity index is 910. The lowest BCUT2D eigenvalue weighted by Crippen LogP contribution is -2.52. The van der Waals surface area contributed by atoms with Gasteiger partial charge in [-0.1, -0.05) is 17.3 Å². The number of nitrogens with one attached hydrogen (secondary N) is 1. The lowest BCUT2D eigenvalue weighted by atomic mass is 10.3. The number of aromatic nitrogens is 3. The van der Waals surface area contributed by atoms with Crippen molar-refractivity contribution in [1.82, 2.24) is 29.8 Å². The van der Waals surface area contributed by atoms with E-state index in [0.717, 1.165) is 75.9 Å². The number of rotatable bonds is 7. The molecule has 29 heavy (non-hydrogen) atoms. The molecule has 0 saturated carbocycles. The fourth-order valence-electron chi connectivity index (χ4n) is 3.71. The highest BCUT2D eigenvalue weighted by molar-refractivity contribution is 5.80. The summed E-state index contributed by atoms with van der Waals surface area (Å²) < 4.78 is 7.14. The number of hydrogen-bond acceptors (Lipinski definition) is 5. The van der Waals surface area contributed by atoms with E-state index in [2.05, 4.69) is 54.9 Å². The second kappa shape index (κ2) is 9.56. The topological polar surface area (TPSA) is 74.7 Å². The lowest BCUT2D eigenvalue weighted by molar-refractivity contribution is 0.169. The van der Waals surface area contributed by atoms with Crippen molar-refractivity contribution in [3.63, 3.8) is 0 Å². The van der Waals surface area contributed by atoms with Crippen LogP contribution < -0.4 is 5.32 Å². The molecule has 0 atom stereocenters. The molecule has 0 unspecified atom stereocenters. The number of imidazole rings is 1. The van der Waals surface area contributed by atoms with Gasteiger partial charge in [-0.05, 0) is 25.5 Å². The zero-order valence-corrected chi connectivity index (χ0v) is 17.0. The highest BCUT2D eigenvalue weighted by atomic mass is 16.5. The molecule has 8 heteroatoms. The molecule has 1 aliphatic heterocycles. The van der Waals surface area contributed by atoms with E-state index in [-0.39, 0.29) is 0 Å². The van der Waals surface area contributed by atoms with Crippen LogP contribution in [0.3, 0.4) is 0 Å². The molecular weight excluding hydrogens is 366 g/mol. The molecular formula is C21H29N7O. The molecule has 1 fully saturated rings. The van der Waals surface area contributed by atoms with Gasteiger partial charge in [0.25, 0.3) is 0 Å². The van der Waals surface area contributed by atoms with E-state index >= 15 is 0 Å². The van der Waals surface area contributed by atoms with Crippen LogP contribution in [-0.2, 0) is 13.1 Å². The molecule has 3 aromatic rings. The zero-order chi connectivity index (χ0) is 19.9. The molecule has 1 aromatic carbocycles. The Morgan fingerprint density at radius 1 is 1.17 bits per heavy atom. The van der Waals surface area contributed by atoms with Crippen molar-refractivity contribution < 1.29 is 4.52 Å². The predicted octanol–water partition coefficient (Wildman–Crippen LogP) is 2.20. The van der Waals surface area contributed by atoms with Gasteiger partial charge in [-0.15, -0.1) is 0 Å². The summed E-state index contributed by atoms with van der Waals surface area (Å²) in [6.07, 6.45) is 4.54. The second-order valence-electron chi connectivity index (χ2n) is 7.27. The number of guanidine groups is 1. The minimum atomic E-state index is 0.800. The van der Waals surface area contributed by atoms with Crippen molar-refractivity contribution in [2.75, 3.05) is 39.3 Å². The summed E-state index contributed by atoms with van der Waals surface area (Å²) in [7, 11) is 0. The summed E-state index contributed by atoms with van der Waals surface area (Å²) in [5.74, 6) is 1.02. The Hall–Kier alpha value is -2.87. The number of nitrogens with zero attached hydrogens (tertiary/aromatic N) is 6. The maximum Gasteiger partial charge on any atom is 0.194 e. The minimum Gasteiger partial charge on any atom is -0.364 e. The monoisotopic (exact) mass is 395 g/mol. The van der Waals surface area contributed by atoms with Crippen LogP contribution in [-0.4, -0.2) is 69.7 Å². The first kappa shape index (κ1) is 19.4. The highest BCUT2D eigenvalue weighted by Crippen LogP contribution is 2.12. The fourth-order valence-corrected chi connectivity index (χ4v) is 3.71. The summed E-state index contributed by atoms with van der Waals surface area (Å²) in [4.78, 5) is 14.1. The molecule has 1 saturated heterocycles. The third kappa shape index (κ3) is 4.95. The molecule has 1 N–H and O–H groups in total.